The van der Waals surface area contributed by atoms with Crippen LogP contribution in [0.3, 0.4) is 0 Å². The molecule has 2 atom stereocenters. The van der Waals surface area contributed by atoms with Crippen LogP contribution in [-0.2, 0) is 16.0 Å². The smallest absolute Gasteiger partial charge is 0.305 e. The fourth-order valence-electron chi connectivity index (χ4n) is 4.27. The summed E-state index contributed by atoms with van der Waals surface area (Å²) >= 11 is 0. The lowest BCUT2D eigenvalue weighted by Crippen LogP contribution is -2.27. The van der Waals surface area contributed by atoms with Gasteiger partial charge >= 0.3 is 5.97 Å². The molecule has 8 heteroatoms. The summed E-state index contributed by atoms with van der Waals surface area (Å²) in [5, 5.41) is 29.1. The van der Waals surface area contributed by atoms with Crippen molar-refractivity contribution in [2.24, 2.45) is 0 Å². The Morgan fingerprint density at radius 1 is 1.21 bits per heavy atom. The molecule has 0 fully saturated rings. The number of hydrogen-bond donors (Lipinski definition) is 3. The van der Waals surface area contributed by atoms with Crippen molar-refractivity contribution in [2.75, 3.05) is 11.9 Å². The van der Waals surface area contributed by atoms with Gasteiger partial charge in [0.2, 0.25) is 5.91 Å². The van der Waals surface area contributed by atoms with Crippen molar-refractivity contribution in [3.05, 3.63) is 53.0 Å². The van der Waals surface area contributed by atoms with Crippen LogP contribution >= 0.6 is 0 Å². The summed E-state index contributed by atoms with van der Waals surface area (Å²) in [6, 6.07) is 6.14. The lowest BCUT2D eigenvalue weighted by Gasteiger charge is -2.24. The Labute approximate surface area is 198 Å². The summed E-state index contributed by atoms with van der Waals surface area (Å²) in [7, 11) is 1.71. The van der Waals surface area contributed by atoms with E-state index in [-0.39, 0.29) is 24.1 Å². The number of amides is 1. The van der Waals surface area contributed by atoms with Crippen molar-refractivity contribution >= 4 is 23.8 Å². The van der Waals surface area contributed by atoms with Crippen LogP contribution < -0.4 is 4.90 Å². The lowest BCUT2D eigenvalue weighted by atomic mass is 9.88. The third-order valence-corrected chi connectivity index (χ3v) is 5.94. The van der Waals surface area contributed by atoms with Gasteiger partial charge in [0.15, 0.2) is 0 Å². The zero-order chi connectivity index (χ0) is 25.0. The normalized spacial score (nSPS) is 16.0. The molecular formula is C26H31FN2O5. The molecule has 182 valence electrons. The number of aromatic nitrogens is 1. The molecule has 1 aromatic carbocycles. The molecular weight excluding hydrogens is 439 g/mol. The number of carboxylic acid groups (broad SMARTS) is 1. The highest BCUT2D eigenvalue weighted by Crippen LogP contribution is 2.40. The van der Waals surface area contributed by atoms with Crippen molar-refractivity contribution in [1.82, 2.24) is 4.98 Å². The Morgan fingerprint density at radius 2 is 1.88 bits per heavy atom. The van der Waals surface area contributed by atoms with Gasteiger partial charge in [-0.05, 0) is 42.0 Å². The first-order chi connectivity index (χ1) is 16.1. The molecule has 7 nitrogen and oxygen atoms in total. The number of carbonyl (C=O) groups excluding carboxylic acids is 1. The Bertz CT molecular complexity index is 1080. The number of nitrogens with zero attached hydrogens (tertiary/aromatic N) is 2. The molecule has 3 N–H and O–H groups in total. The van der Waals surface area contributed by atoms with Crippen molar-refractivity contribution in [2.45, 2.75) is 64.1 Å². The van der Waals surface area contributed by atoms with Crippen LogP contribution in [0.2, 0.25) is 0 Å². The lowest BCUT2D eigenvalue weighted by molar-refractivity contribution is -0.139. The van der Waals surface area contributed by atoms with Crippen molar-refractivity contribution in [1.29, 1.82) is 0 Å². The fraction of sp³-hybridized carbons (Fsp3) is 0.423. The molecule has 0 saturated heterocycles. The number of hydrogen-bond acceptors (Lipinski definition) is 5. The predicted octanol–water partition coefficient (Wildman–Crippen LogP) is 3.91. The van der Waals surface area contributed by atoms with Gasteiger partial charge in [0.1, 0.15) is 11.6 Å². The standard InChI is InChI=1S/C26H31FN2O5/c1-15(2)25-20(12-11-18(30)13-19(31)14-23(33)34)24(16-7-9-17(27)10-8-16)21-5-4-6-22(32)29(3)26(21)28-25/h7-12,15,18-19,30-31H,4-6,13-14H2,1-3H3,(H,33,34). The zero-order valence-electron chi connectivity index (χ0n) is 19.7. The average Bonchev–Trinajstić information content (AvgIpc) is 2.89. The van der Waals surface area contributed by atoms with Crippen molar-refractivity contribution in [3.8, 4) is 11.1 Å². The number of carbonyl (C=O) groups is 2. The molecule has 1 aromatic heterocycles. The van der Waals surface area contributed by atoms with E-state index >= 15 is 0 Å². The van der Waals surface area contributed by atoms with E-state index in [1.165, 1.54) is 18.2 Å². The van der Waals surface area contributed by atoms with E-state index in [1.807, 2.05) is 13.8 Å². The second-order valence-electron chi connectivity index (χ2n) is 8.97. The third kappa shape index (κ3) is 5.87. The van der Waals surface area contributed by atoms with E-state index < -0.39 is 24.6 Å². The van der Waals surface area contributed by atoms with Gasteiger partial charge in [0, 0.05) is 31.0 Å². The van der Waals surface area contributed by atoms with Crippen LogP contribution in [0.4, 0.5) is 10.2 Å². The van der Waals surface area contributed by atoms with Crippen LogP contribution in [0, 0.1) is 5.82 Å². The monoisotopic (exact) mass is 470 g/mol. The molecule has 2 heterocycles. The highest BCUT2D eigenvalue weighted by Gasteiger charge is 2.27. The summed E-state index contributed by atoms with van der Waals surface area (Å²) < 4.78 is 13.7. The zero-order valence-corrected chi connectivity index (χ0v) is 19.7. The Kier molecular flexibility index (Phi) is 8.17. The quantitative estimate of drug-likeness (QED) is 0.540. The van der Waals surface area contributed by atoms with Gasteiger partial charge in [-0.1, -0.05) is 38.1 Å². The second-order valence-corrected chi connectivity index (χ2v) is 8.97. The first kappa shape index (κ1) is 25.5. The molecule has 0 aliphatic carbocycles. The minimum Gasteiger partial charge on any atom is -0.481 e. The summed E-state index contributed by atoms with van der Waals surface area (Å²) in [6.45, 7) is 3.96. The summed E-state index contributed by atoms with van der Waals surface area (Å²) in [5.74, 6) is -0.957. The maximum atomic E-state index is 13.7. The number of fused-ring (bicyclic) bond motifs is 1. The van der Waals surface area contributed by atoms with E-state index in [2.05, 4.69) is 0 Å². The molecule has 0 spiro atoms. The molecule has 34 heavy (non-hydrogen) atoms. The number of anilines is 1. The van der Waals surface area contributed by atoms with E-state index in [9.17, 15) is 24.2 Å². The molecule has 1 aliphatic rings. The number of pyridine rings is 1. The Balaban J connectivity index is 2.17. The number of halogens is 1. The third-order valence-electron chi connectivity index (χ3n) is 5.94. The molecule has 3 rings (SSSR count). The maximum absolute atomic E-state index is 13.7. The van der Waals surface area contributed by atoms with Crippen molar-refractivity contribution < 1.29 is 29.3 Å². The fourth-order valence-corrected chi connectivity index (χ4v) is 4.27. The Morgan fingerprint density at radius 3 is 2.50 bits per heavy atom. The van der Waals surface area contributed by atoms with E-state index in [4.69, 9.17) is 10.1 Å². The number of carboxylic acids is 1. The molecule has 1 amide bonds. The van der Waals surface area contributed by atoms with Gasteiger partial charge in [-0.25, -0.2) is 9.37 Å². The van der Waals surface area contributed by atoms with Gasteiger partial charge in [-0.2, -0.15) is 0 Å². The highest BCUT2D eigenvalue weighted by molar-refractivity contribution is 5.96. The van der Waals surface area contributed by atoms with E-state index in [1.54, 1.807) is 30.2 Å². The summed E-state index contributed by atoms with van der Waals surface area (Å²) in [5.41, 5.74) is 3.93. The molecule has 0 radical (unpaired) electrons. The predicted molar refractivity (Wildman–Crippen MR) is 128 cm³/mol. The van der Waals surface area contributed by atoms with E-state index in [0.29, 0.717) is 30.8 Å². The van der Waals surface area contributed by atoms with Gasteiger partial charge in [-0.3, -0.25) is 14.5 Å². The minimum absolute atomic E-state index is 0.0165. The highest BCUT2D eigenvalue weighted by atomic mass is 19.1. The SMILES string of the molecule is CC(C)c1nc2c(c(-c3ccc(F)cc3)c1C=CC(O)CC(O)CC(=O)O)CCCC(=O)N2C. The number of aliphatic hydroxyl groups excluding tert-OH is 2. The van der Waals surface area contributed by atoms with Crippen LogP contribution in [0.15, 0.2) is 30.3 Å². The first-order valence-corrected chi connectivity index (χ1v) is 11.4. The number of aliphatic carboxylic acids is 1. The van der Waals surface area contributed by atoms with Crippen molar-refractivity contribution in [3.63, 3.8) is 0 Å². The van der Waals surface area contributed by atoms with Gasteiger partial charge in [0.25, 0.3) is 0 Å². The summed E-state index contributed by atoms with van der Waals surface area (Å²) in [6.07, 6.45) is 2.08. The number of benzene rings is 1. The molecule has 2 unspecified atom stereocenters. The molecule has 1 aliphatic heterocycles. The average molecular weight is 471 g/mol. The van der Waals surface area contributed by atoms with Gasteiger partial charge in [-0.15, -0.1) is 0 Å². The topological polar surface area (TPSA) is 111 Å². The number of aliphatic hydroxyl groups is 2. The van der Waals surface area contributed by atoms with Crippen LogP contribution in [-0.4, -0.2) is 51.4 Å². The molecule has 0 bridgehead atoms. The van der Waals surface area contributed by atoms with Crippen LogP contribution in [0.1, 0.15) is 62.3 Å². The largest absolute Gasteiger partial charge is 0.481 e. The van der Waals surface area contributed by atoms with Gasteiger partial charge < -0.3 is 15.3 Å². The molecule has 2 aromatic rings. The Hall–Kier alpha value is -3.10. The van der Waals surface area contributed by atoms with E-state index in [0.717, 1.165) is 22.3 Å². The first-order valence-electron chi connectivity index (χ1n) is 11.4. The van der Waals surface area contributed by atoms with Crippen LogP contribution in [0.25, 0.3) is 17.2 Å². The second kappa shape index (κ2) is 10.9. The maximum Gasteiger partial charge on any atom is 0.305 e. The van der Waals surface area contributed by atoms with Crippen LogP contribution in [0.5, 0.6) is 0 Å². The number of rotatable bonds is 8. The molecule has 0 saturated carbocycles. The van der Waals surface area contributed by atoms with Gasteiger partial charge in [0.05, 0.1) is 24.3 Å². The summed E-state index contributed by atoms with van der Waals surface area (Å²) in [4.78, 5) is 29.8. The minimum atomic E-state index is -1.18.